The van der Waals surface area contributed by atoms with E-state index in [2.05, 4.69) is 10.0 Å². The van der Waals surface area contributed by atoms with Crippen molar-refractivity contribution in [3.63, 3.8) is 0 Å². The lowest BCUT2D eigenvalue weighted by Gasteiger charge is -2.18. The summed E-state index contributed by atoms with van der Waals surface area (Å²) in [5, 5.41) is 3.29. The van der Waals surface area contributed by atoms with Gasteiger partial charge in [0.1, 0.15) is 0 Å². The van der Waals surface area contributed by atoms with Gasteiger partial charge in [-0.15, -0.1) is 0 Å². The number of aryl methyl sites for hydroxylation is 1. The summed E-state index contributed by atoms with van der Waals surface area (Å²) >= 11 is 0. The first-order valence-electron chi connectivity index (χ1n) is 7.02. The van der Waals surface area contributed by atoms with Crippen LogP contribution in [0, 0.1) is 5.92 Å². The van der Waals surface area contributed by atoms with Gasteiger partial charge in [-0.05, 0) is 48.9 Å². The van der Waals surface area contributed by atoms with Gasteiger partial charge in [0.05, 0.1) is 4.90 Å². The van der Waals surface area contributed by atoms with Crippen molar-refractivity contribution in [1.82, 2.24) is 4.72 Å². The SMILES string of the molecule is O=S(=O)(NCCC1CC1)c1ccc2c(c1)CCCN2. The van der Waals surface area contributed by atoms with E-state index in [4.69, 9.17) is 0 Å². The fourth-order valence-electron chi connectivity index (χ4n) is 2.51. The number of benzene rings is 1. The van der Waals surface area contributed by atoms with Crippen LogP contribution in [0.5, 0.6) is 0 Å². The molecular weight excluding hydrogens is 260 g/mol. The van der Waals surface area contributed by atoms with Crippen LogP contribution in [0.4, 0.5) is 5.69 Å². The zero-order valence-electron chi connectivity index (χ0n) is 11.0. The molecule has 2 N–H and O–H groups in total. The summed E-state index contributed by atoms with van der Waals surface area (Å²) in [5.41, 5.74) is 2.18. The van der Waals surface area contributed by atoms with Crippen molar-refractivity contribution in [3.05, 3.63) is 23.8 Å². The van der Waals surface area contributed by atoms with Gasteiger partial charge in [0.25, 0.3) is 0 Å². The Hall–Kier alpha value is -1.07. The van der Waals surface area contributed by atoms with E-state index in [1.807, 2.05) is 6.07 Å². The first-order valence-corrected chi connectivity index (χ1v) is 8.50. The van der Waals surface area contributed by atoms with Crippen molar-refractivity contribution < 1.29 is 8.42 Å². The monoisotopic (exact) mass is 280 g/mol. The molecule has 0 bridgehead atoms. The highest BCUT2D eigenvalue weighted by atomic mass is 32.2. The molecule has 4 nitrogen and oxygen atoms in total. The third-order valence-corrected chi connectivity index (χ3v) is 5.33. The van der Waals surface area contributed by atoms with E-state index in [0.717, 1.165) is 43.0 Å². The fourth-order valence-corrected chi connectivity index (χ4v) is 3.60. The maximum absolute atomic E-state index is 12.2. The highest BCUT2D eigenvalue weighted by molar-refractivity contribution is 7.89. The Morgan fingerprint density at radius 1 is 1.32 bits per heavy atom. The van der Waals surface area contributed by atoms with E-state index in [9.17, 15) is 8.42 Å². The lowest BCUT2D eigenvalue weighted by Crippen LogP contribution is -2.25. The molecule has 1 saturated carbocycles. The largest absolute Gasteiger partial charge is 0.385 e. The minimum atomic E-state index is -3.34. The van der Waals surface area contributed by atoms with E-state index in [1.165, 1.54) is 12.8 Å². The Morgan fingerprint density at radius 3 is 2.95 bits per heavy atom. The van der Waals surface area contributed by atoms with Crippen LogP contribution < -0.4 is 10.0 Å². The van der Waals surface area contributed by atoms with Crippen molar-refractivity contribution in [2.45, 2.75) is 37.0 Å². The molecule has 1 aliphatic heterocycles. The van der Waals surface area contributed by atoms with Crippen molar-refractivity contribution in [3.8, 4) is 0 Å². The van der Waals surface area contributed by atoms with E-state index >= 15 is 0 Å². The molecule has 1 aliphatic carbocycles. The highest BCUT2D eigenvalue weighted by Gasteiger charge is 2.22. The van der Waals surface area contributed by atoms with Crippen molar-refractivity contribution in [2.75, 3.05) is 18.4 Å². The lowest BCUT2D eigenvalue weighted by atomic mass is 10.0. The van der Waals surface area contributed by atoms with Crippen molar-refractivity contribution in [1.29, 1.82) is 0 Å². The number of hydrogen-bond acceptors (Lipinski definition) is 3. The summed E-state index contributed by atoms with van der Waals surface area (Å²) in [6, 6.07) is 5.38. The van der Waals surface area contributed by atoms with Crippen LogP contribution in [0.1, 0.15) is 31.2 Å². The topological polar surface area (TPSA) is 58.2 Å². The maximum Gasteiger partial charge on any atom is 0.240 e. The van der Waals surface area contributed by atoms with Crippen LogP contribution in [0.15, 0.2) is 23.1 Å². The lowest BCUT2D eigenvalue weighted by molar-refractivity contribution is 0.575. The molecule has 19 heavy (non-hydrogen) atoms. The zero-order valence-corrected chi connectivity index (χ0v) is 11.8. The standard InChI is InChI=1S/C14H20N2O2S/c17-19(18,16-9-7-11-3-4-11)13-5-6-14-12(10-13)2-1-8-15-14/h5-6,10-11,15-16H,1-4,7-9H2. The van der Waals surface area contributed by atoms with Gasteiger partial charge in [-0.1, -0.05) is 12.8 Å². The highest BCUT2D eigenvalue weighted by Crippen LogP contribution is 2.32. The minimum absolute atomic E-state index is 0.394. The van der Waals surface area contributed by atoms with Crippen molar-refractivity contribution in [2.24, 2.45) is 5.92 Å². The average Bonchev–Trinajstić information content (AvgIpc) is 3.22. The Bertz CT molecular complexity index is 565. The van der Waals surface area contributed by atoms with E-state index < -0.39 is 10.0 Å². The third-order valence-electron chi connectivity index (χ3n) is 3.87. The third kappa shape index (κ3) is 3.09. The molecule has 0 radical (unpaired) electrons. The maximum atomic E-state index is 12.2. The smallest absolute Gasteiger partial charge is 0.240 e. The van der Waals surface area contributed by atoms with Crippen LogP contribution in [-0.2, 0) is 16.4 Å². The normalized spacial score (nSPS) is 18.7. The van der Waals surface area contributed by atoms with Gasteiger partial charge < -0.3 is 5.32 Å². The van der Waals surface area contributed by atoms with Gasteiger partial charge in [0.15, 0.2) is 0 Å². The van der Waals surface area contributed by atoms with Crippen LogP contribution in [0.2, 0.25) is 0 Å². The molecule has 0 unspecified atom stereocenters. The molecule has 0 aromatic heterocycles. The number of sulfonamides is 1. The molecule has 104 valence electrons. The number of fused-ring (bicyclic) bond motifs is 1. The minimum Gasteiger partial charge on any atom is -0.385 e. The first-order chi connectivity index (χ1) is 9.15. The predicted molar refractivity (Wildman–Crippen MR) is 75.8 cm³/mol. The summed E-state index contributed by atoms with van der Waals surface area (Å²) in [5.74, 6) is 0.746. The van der Waals surface area contributed by atoms with E-state index in [1.54, 1.807) is 12.1 Å². The van der Waals surface area contributed by atoms with Gasteiger partial charge in [-0.25, -0.2) is 13.1 Å². The molecule has 1 fully saturated rings. The molecule has 3 rings (SSSR count). The van der Waals surface area contributed by atoms with Crippen LogP contribution in [0.25, 0.3) is 0 Å². The second-order valence-corrected chi connectivity index (χ2v) is 7.25. The second kappa shape index (κ2) is 5.13. The number of nitrogens with one attached hydrogen (secondary N) is 2. The second-order valence-electron chi connectivity index (χ2n) is 5.48. The Morgan fingerprint density at radius 2 is 2.16 bits per heavy atom. The summed E-state index contributed by atoms with van der Waals surface area (Å²) < 4.78 is 27.1. The first kappa shape index (κ1) is 12.9. The predicted octanol–water partition coefficient (Wildman–Crippen LogP) is 2.12. The van der Waals surface area contributed by atoms with E-state index in [-0.39, 0.29) is 0 Å². The molecule has 5 heteroatoms. The molecule has 1 aromatic carbocycles. The summed E-state index contributed by atoms with van der Waals surface area (Å²) in [6.07, 6.45) is 5.49. The summed E-state index contributed by atoms with van der Waals surface area (Å²) in [4.78, 5) is 0.394. The van der Waals surface area contributed by atoms with Gasteiger partial charge >= 0.3 is 0 Å². The Kier molecular flexibility index (Phi) is 3.50. The Labute approximate surface area is 114 Å². The molecular formula is C14H20N2O2S. The quantitative estimate of drug-likeness (QED) is 0.868. The molecule has 2 aliphatic rings. The Balaban J connectivity index is 1.72. The van der Waals surface area contributed by atoms with Gasteiger partial charge in [0, 0.05) is 18.8 Å². The zero-order chi connectivity index (χ0) is 13.3. The van der Waals surface area contributed by atoms with Crippen LogP contribution in [-0.4, -0.2) is 21.5 Å². The molecule has 0 atom stereocenters. The number of hydrogen-bond donors (Lipinski definition) is 2. The van der Waals surface area contributed by atoms with Crippen LogP contribution in [0.3, 0.4) is 0 Å². The molecule has 0 spiro atoms. The average molecular weight is 280 g/mol. The van der Waals surface area contributed by atoms with Gasteiger partial charge in [0.2, 0.25) is 10.0 Å². The summed E-state index contributed by atoms with van der Waals surface area (Å²) in [7, 11) is -3.34. The fraction of sp³-hybridized carbons (Fsp3) is 0.571. The molecule has 0 amide bonds. The van der Waals surface area contributed by atoms with Crippen molar-refractivity contribution >= 4 is 15.7 Å². The molecule has 1 aromatic rings. The van der Waals surface area contributed by atoms with Gasteiger partial charge in [-0.3, -0.25) is 0 Å². The number of rotatable bonds is 5. The van der Waals surface area contributed by atoms with Crippen LogP contribution >= 0.6 is 0 Å². The number of anilines is 1. The van der Waals surface area contributed by atoms with Gasteiger partial charge in [-0.2, -0.15) is 0 Å². The van der Waals surface area contributed by atoms with E-state index in [0.29, 0.717) is 11.4 Å². The molecule has 0 saturated heterocycles. The summed E-state index contributed by atoms with van der Waals surface area (Å²) in [6.45, 7) is 1.53. The molecule has 1 heterocycles.